The molecule has 0 amide bonds. The van der Waals surface area contributed by atoms with Gasteiger partial charge in [0.2, 0.25) is 0 Å². The molecule has 0 heterocycles. The van der Waals surface area contributed by atoms with E-state index in [1.807, 2.05) is 0 Å². The van der Waals surface area contributed by atoms with E-state index in [0.717, 1.165) is 13.0 Å². The smallest absolute Gasteiger partial charge is 0.00255 e. The molecule has 0 saturated carbocycles. The van der Waals surface area contributed by atoms with E-state index in [1.54, 1.807) is 0 Å². The zero-order valence-corrected chi connectivity index (χ0v) is 12.0. The molecule has 0 saturated heterocycles. The Bertz CT molecular complexity index is 343. The van der Waals surface area contributed by atoms with Crippen LogP contribution in [0.25, 0.3) is 0 Å². The monoisotopic (exact) mass is 233 g/mol. The number of rotatable bonds is 4. The Kier molecular flexibility index (Phi) is 4.37. The molecule has 0 aliphatic heterocycles. The van der Waals surface area contributed by atoms with Gasteiger partial charge in [0, 0.05) is 0 Å². The molecular formula is C16H27N. The predicted octanol–water partition coefficient (Wildman–Crippen LogP) is 4.08. The largest absolute Gasteiger partial charge is 0.330 e. The van der Waals surface area contributed by atoms with E-state index in [1.165, 1.54) is 5.57 Å². The second-order valence-corrected chi connectivity index (χ2v) is 6.65. The predicted molar refractivity (Wildman–Crippen MR) is 76.8 cm³/mol. The fourth-order valence-corrected chi connectivity index (χ4v) is 2.53. The summed E-state index contributed by atoms with van der Waals surface area (Å²) in [5, 5.41) is 0. The molecule has 0 fully saturated rings. The van der Waals surface area contributed by atoms with Gasteiger partial charge in [0.25, 0.3) is 0 Å². The minimum Gasteiger partial charge on any atom is -0.330 e. The van der Waals surface area contributed by atoms with E-state index >= 15 is 0 Å². The highest BCUT2D eigenvalue weighted by atomic mass is 14.6. The summed E-state index contributed by atoms with van der Waals surface area (Å²) < 4.78 is 0. The fourth-order valence-electron chi connectivity index (χ4n) is 2.53. The molecule has 0 aromatic rings. The van der Waals surface area contributed by atoms with Crippen molar-refractivity contribution in [3.05, 3.63) is 36.0 Å². The number of hydrogen-bond acceptors (Lipinski definition) is 1. The Morgan fingerprint density at radius 1 is 1.18 bits per heavy atom. The molecule has 0 spiro atoms. The van der Waals surface area contributed by atoms with E-state index in [-0.39, 0.29) is 10.8 Å². The summed E-state index contributed by atoms with van der Waals surface area (Å²) in [6, 6.07) is 0. The third-order valence-electron chi connectivity index (χ3n) is 3.52. The van der Waals surface area contributed by atoms with Gasteiger partial charge in [0.1, 0.15) is 0 Å². The molecule has 1 atom stereocenters. The molecule has 17 heavy (non-hydrogen) atoms. The van der Waals surface area contributed by atoms with Gasteiger partial charge in [-0.2, -0.15) is 0 Å². The summed E-state index contributed by atoms with van der Waals surface area (Å²) in [5.41, 5.74) is 7.62. The van der Waals surface area contributed by atoms with Crippen LogP contribution in [0, 0.1) is 16.7 Å². The summed E-state index contributed by atoms with van der Waals surface area (Å²) in [7, 11) is 0. The maximum atomic E-state index is 5.84. The van der Waals surface area contributed by atoms with Crippen molar-refractivity contribution in [3.8, 4) is 0 Å². The van der Waals surface area contributed by atoms with Crippen molar-refractivity contribution in [2.75, 3.05) is 6.54 Å². The first kappa shape index (κ1) is 14.2. The quantitative estimate of drug-likeness (QED) is 0.778. The molecule has 0 aromatic carbocycles. The van der Waals surface area contributed by atoms with Crippen LogP contribution in [0.5, 0.6) is 0 Å². The Morgan fingerprint density at radius 3 is 2.41 bits per heavy atom. The fraction of sp³-hybridized carbons (Fsp3) is 0.625. The van der Waals surface area contributed by atoms with Crippen LogP contribution in [0.1, 0.15) is 41.0 Å². The second kappa shape index (κ2) is 5.22. The Hall–Kier alpha value is -0.820. The van der Waals surface area contributed by atoms with E-state index in [4.69, 9.17) is 5.73 Å². The topological polar surface area (TPSA) is 26.0 Å². The molecule has 0 aromatic heterocycles. The van der Waals surface area contributed by atoms with Crippen LogP contribution in [0.2, 0.25) is 0 Å². The average molecular weight is 233 g/mol. The molecule has 1 aliphatic rings. The third-order valence-corrected chi connectivity index (χ3v) is 3.52. The zero-order valence-electron chi connectivity index (χ0n) is 12.0. The van der Waals surface area contributed by atoms with Gasteiger partial charge >= 0.3 is 0 Å². The first-order chi connectivity index (χ1) is 7.77. The lowest BCUT2D eigenvalue weighted by atomic mass is 9.71. The molecular weight excluding hydrogens is 206 g/mol. The first-order valence-electron chi connectivity index (χ1n) is 6.54. The van der Waals surface area contributed by atoms with E-state index < -0.39 is 0 Å². The van der Waals surface area contributed by atoms with Gasteiger partial charge in [0.05, 0.1) is 0 Å². The van der Waals surface area contributed by atoms with Crippen LogP contribution in [0.3, 0.4) is 0 Å². The minimum atomic E-state index is 0.174. The van der Waals surface area contributed by atoms with Crippen LogP contribution in [-0.2, 0) is 0 Å². The van der Waals surface area contributed by atoms with E-state index in [0.29, 0.717) is 5.92 Å². The first-order valence-corrected chi connectivity index (χ1v) is 6.54. The lowest BCUT2D eigenvalue weighted by Gasteiger charge is -2.35. The zero-order chi connectivity index (χ0) is 13.1. The van der Waals surface area contributed by atoms with E-state index in [9.17, 15) is 0 Å². The summed E-state index contributed by atoms with van der Waals surface area (Å²) >= 11 is 0. The van der Waals surface area contributed by atoms with Crippen molar-refractivity contribution in [3.63, 3.8) is 0 Å². The Morgan fingerprint density at radius 2 is 1.82 bits per heavy atom. The number of hydrogen-bond donors (Lipinski definition) is 1. The standard InChI is InChI=1S/C16H27N/c1-13-7-6-8-14(10-9-13)16(4,5)11-15(2,3)12-17/h6-10,13H,11-12,17H2,1-5H3. The van der Waals surface area contributed by atoms with Crippen molar-refractivity contribution in [1.29, 1.82) is 0 Å². The van der Waals surface area contributed by atoms with Crippen LogP contribution >= 0.6 is 0 Å². The maximum Gasteiger partial charge on any atom is -0.00255 e. The Balaban J connectivity index is 2.87. The highest BCUT2D eigenvalue weighted by molar-refractivity contribution is 5.33. The van der Waals surface area contributed by atoms with Crippen molar-refractivity contribution < 1.29 is 0 Å². The maximum absolute atomic E-state index is 5.84. The van der Waals surface area contributed by atoms with Crippen LogP contribution in [-0.4, -0.2) is 6.54 Å². The minimum absolute atomic E-state index is 0.174. The van der Waals surface area contributed by atoms with Crippen molar-refractivity contribution >= 4 is 0 Å². The molecule has 0 bridgehead atoms. The third kappa shape index (κ3) is 4.16. The molecule has 1 unspecified atom stereocenters. The second-order valence-electron chi connectivity index (χ2n) is 6.65. The molecule has 1 nitrogen and oxygen atoms in total. The van der Waals surface area contributed by atoms with Crippen LogP contribution in [0.15, 0.2) is 36.0 Å². The molecule has 1 rings (SSSR count). The molecule has 96 valence electrons. The van der Waals surface area contributed by atoms with Gasteiger partial charge in [-0.3, -0.25) is 0 Å². The summed E-state index contributed by atoms with van der Waals surface area (Å²) in [4.78, 5) is 0. The average Bonchev–Trinajstić information content (AvgIpc) is 2.42. The van der Waals surface area contributed by atoms with Gasteiger partial charge < -0.3 is 5.73 Å². The Labute approximate surface area is 106 Å². The SMILES string of the molecule is CC1C=CC=C(C(C)(C)CC(C)(C)CN)C=C1. The molecule has 0 radical (unpaired) electrons. The highest BCUT2D eigenvalue weighted by Crippen LogP contribution is 2.39. The van der Waals surface area contributed by atoms with Gasteiger partial charge in [-0.15, -0.1) is 0 Å². The van der Waals surface area contributed by atoms with Gasteiger partial charge in [-0.05, 0) is 35.3 Å². The highest BCUT2D eigenvalue weighted by Gasteiger charge is 2.29. The van der Waals surface area contributed by atoms with Gasteiger partial charge in [-0.25, -0.2) is 0 Å². The van der Waals surface area contributed by atoms with Crippen LogP contribution in [0.4, 0.5) is 0 Å². The van der Waals surface area contributed by atoms with Crippen molar-refractivity contribution in [1.82, 2.24) is 0 Å². The lowest BCUT2D eigenvalue weighted by Crippen LogP contribution is -2.30. The lowest BCUT2D eigenvalue weighted by molar-refractivity contribution is 0.238. The molecule has 1 aliphatic carbocycles. The molecule has 2 N–H and O–H groups in total. The van der Waals surface area contributed by atoms with Crippen molar-refractivity contribution in [2.45, 2.75) is 41.0 Å². The normalized spacial score (nSPS) is 21.3. The van der Waals surface area contributed by atoms with Gasteiger partial charge in [-0.1, -0.05) is 65.0 Å². The summed E-state index contributed by atoms with van der Waals surface area (Å²) in [5.74, 6) is 0.530. The number of nitrogens with two attached hydrogens (primary N) is 1. The van der Waals surface area contributed by atoms with Gasteiger partial charge in [0.15, 0.2) is 0 Å². The van der Waals surface area contributed by atoms with Crippen LogP contribution < -0.4 is 5.73 Å². The molecule has 1 heteroatoms. The number of allylic oxidation sites excluding steroid dienone is 6. The van der Waals surface area contributed by atoms with Crippen molar-refractivity contribution in [2.24, 2.45) is 22.5 Å². The van der Waals surface area contributed by atoms with E-state index in [2.05, 4.69) is 65.0 Å². The summed E-state index contributed by atoms with van der Waals surface area (Å²) in [6.07, 6.45) is 12.3. The summed E-state index contributed by atoms with van der Waals surface area (Å²) in [6.45, 7) is 12.1.